The number of carbonyl (C=O) groups excluding carboxylic acids is 1. The van der Waals surface area contributed by atoms with Crippen LogP contribution in [0.1, 0.15) is 13.8 Å². The number of hydrogen-bond donors (Lipinski definition) is 3. The Morgan fingerprint density at radius 1 is 1.58 bits per heavy atom. The molecule has 12 heavy (non-hydrogen) atoms. The molecular formula is C6H15N3OP2. The van der Waals surface area contributed by atoms with Crippen LogP contribution in [0, 0.1) is 0 Å². The van der Waals surface area contributed by atoms with E-state index in [1.54, 1.807) is 13.8 Å². The first-order valence-corrected chi connectivity index (χ1v) is 5.01. The summed E-state index contributed by atoms with van der Waals surface area (Å²) in [5.74, 6) is 0. The molecule has 6 N–H and O–H groups in total. The lowest BCUT2D eigenvalue weighted by molar-refractivity contribution is -0.108. The van der Waals surface area contributed by atoms with E-state index < -0.39 is 5.28 Å². The summed E-state index contributed by atoms with van der Waals surface area (Å²) >= 11 is 0. The van der Waals surface area contributed by atoms with Crippen LogP contribution in [-0.4, -0.2) is 10.8 Å². The molecule has 0 aromatic heterocycles. The molecule has 0 aliphatic heterocycles. The van der Waals surface area contributed by atoms with Gasteiger partial charge in [-0.1, -0.05) is 0 Å². The summed E-state index contributed by atoms with van der Waals surface area (Å²) in [6, 6.07) is 0. The Morgan fingerprint density at radius 3 is 2.25 bits per heavy atom. The third kappa shape index (κ3) is 3.16. The standard InChI is InChI=1S/C6H15N3OP2/c1-3(5(10)12-9)4(7)6(2,8)11/h12H,7-9,11H2,1-2H3/b4-3+. The van der Waals surface area contributed by atoms with Gasteiger partial charge in [0.2, 0.25) is 0 Å². The zero-order valence-corrected chi connectivity index (χ0v) is 9.37. The number of rotatable bonds is 3. The minimum Gasteiger partial charge on any atom is -0.400 e. The zero-order valence-electron chi connectivity index (χ0n) is 7.22. The van der Waals surface area contributed by atoms with E-state index in [-0.39, 0.29) is 14.3 Å². The van der Waals surface area contributed by atoms with Crippen LogP contribution in [0.15, 0.2) is 11.3 Å². The highest BCUT2D eigenvalue weighted by molar-refractivity contribution is 7.56. The van der Waals surface area contributed by atoms with Gasteiger partial charge in [0.1, 0.15) is 0 Å². The molecule has 70 valence electrons. The first kappa shape index (κ1) is 12.0. The fraction of sp³-hybridized carbons (Fsp3) is 0.500. The Bertz CT molecular complexity index is 219. The summed E-state index contributed by atoms with van der Waals surface area (Å²) in [4.78, 5) is 11.1. The van der Waals surface area contributed by atoms with Crippen LogP contribution in [0.25, 0.3) is 0 Å². The van der Waals surface area contributed by atoms with Crippen molar-refractivity contribution in [1.29, 1.82) is 0 Å². The zero-order chi connectivity index (χ0) is 9.94. The van der Waals surface area contributed by atoms with Gasteiger partial charge in [-0.25, -0.2) is 0 Å². The highest BCUT2D eigenvalue weighted by Gasteiger charge is 2.19. The predicted molar refractivity (Wildman–Crippen MR) is 56.7 cm³/mol. The van der Waals surface area contributed by atoms with Crippen molar-refractivity contribution in [3.05, 3.63) is 11.3 Å². The Morgan fingerprint density at radius 2 is 2.00 bits per heavy atom. The molecule has 0 fully saturated rings. The quantitative estimate of drug-likeness (QED) is 0.443. The smallest absolute Gasteiger partial charge is 0.193 e. The molecule has 0 aliphatic rings. The van der Waals surface area contributed by atoms with Gasteiger partial charge in [0.25, 0.3) is 0 Å². The van der Waals surface area contributed by atoms with Crippen molar-refractivity contribution >= 4 is 23.5 Å². The van der Waals surface area contributed by atoms with Crippen LogP contribution < -0.4 is 17.0 Å². The van der Waals surface area contributed by atoms with Crippen molar-refractivity contribution in [2.24, 2.45) is 17.0 Å². The highest BCUT2D eigenvalue weighted by atomic mass is 31.1. The fourth-order valence-electron chi connectivity index (χ4n) is 0.635. The minimum absolute atomic E-state index is 0.147. The average molecular weight is 207 g/mol. The summed E-state index contributed by atoms with van der Waals surface area (Å²) in [5.41, 5.74) is 17.2. The summed E-state index contributed by atoms with van der Waals surface area (Å²) in [5, 5.41) is -0.737. The largest absolute Gasteiger partial charge is 0.400 e. The van der Waals surface area contributed by atoms with E-state index in [1.165, 1.54) is 0 Å². The molecule has 0 aliphatic carbocycles. The Labute approximate surface area is 76.4 Å². The summed E-state index contributed by atoms with van der Waals surface area (Å²) < 4.78 is 0. The molecule has 0 amide bonds. The van der Waals surface area contributed by atoms with E-state index >= 15 is 0 Å². The van der Waals surface area contributed by atoms with Crippen LogP contribution in [0.5, 0.6) is 0 Å². The molecule has 0 saturated heterocycles. The van der Waals surface area contributed by atoms with E-state index in [9.17, 15) is 4.79 Å². The molecule has 0 saturated carbocycles. The van der Waals surface area contributed by atoms with E-state index in [0.29, 0.717) is 11.3 Å². The Balaban J connectivity index is 4.82. The lowest BCUT2D eigenvalue weighted by Gasteiger charge is -2.20. The molecule has 0 aromatic rings. The first-order chi connectivity index (χ1) is 5.30. The molecular weight excluding hydrogens is 192 g/mol. The molecule has 0 bridgehead atoms. The summed E-state index contributed by atoms with van der Waals surface area (Å²) in [6.07, 6.45) is 0. The van der Waals surface area contributed by atoms with Gasteiger partial charge in [-0.15, -0.1) is 9.24 Å². The van der Waals surface area contributed by atoms with Gasteiger partial charge in [0.05, 0.1) is 5.28 Å². The molecule has 6 heteroatoms. The van der Waals surface area contributed by atoms with Gasteiger partial charge >= 0.3 is 0 Å². The second-order valence-corrected chi connectivity index (χ2v) is 4.74. The average Bonchev–Trinajstić information content (AvgIpc) is 1.98. The number of allylic oxidation sites excluding steroid dienone is 1. The Kier molecular flexibility index (Phi) is 4.29. The lowest BCUT2D eigenvalue weighted by Crippen LogP contribution is -2.36. The Hall–Kier alpha value is -0.0100. The van der Waals surface area contributed by atoms with Crippen molar-refractivity contribution in [1.82, 2.24) is 0 Å². The molecule has 0 radical (unpaired) electrons. The van der Waals surface area contributed by atoms with Crippen LogP contribution in [-0.2, 0) is 4.79 Å². The van der Waals surface area contributed by atoms with Gasteiger partial charge < -0.3 is 17.0 Å². The van der Waals surface area contributed by atoms with Crippen molar-refractivity contribution in [2.45, 2.75) is 19.1 Å². The molecule has 4 nitrogen and oxygen atoms in total. The highest BCUT2D eigenvalue weighted by Crippen LogP contribution is 2.22. The predicted octanol–water partition coefficient (Wildman–Crippen LogP) is -0.152. The molecule has 0 aromatic carbocycles. The topological polar surface area (TPSA) is 95.1 Å². The van der Waals surface area contributed by atoms with E-state index in [4.69, 9.17) is 17.0 Å². The molecule has 0 heterocycles. The van der Waals surface area contributed by atoms with Gasteiger partial charge in [0, 0.05) is 20.0 Å². The van der Waals surface area contributed by atoms with Gasteiger partial charge in [-0.2, -0.15) is 0 Å². The molecule has 0 spiro atoms. The summed E-state index contributed by atoms with van der Waals surface area (Å²) in [7, 11) is 2.11. The van der Waals surface area contributed by atoms with E-state index in [0.717, 1.165) is 0 Å². The van der Waals surface area contributed by atoms with Crippen LogP contribution >= 0.6 is 18.0 Å². The summed E-state index contributed by atoms with van der Waals surface area (Å²) in [6.45, 7) is 3.34. The third-order valence-corrected chi connectivity index (χ3v) is 2.40. The number of hydrogen-bond acceptors (Lipinski definition) is 4. The minimum atomic E-state index is -0.737. The molecule has 0 rings (SSSR count). The van der Waals surface area contributed by atoms with Crippen molar-refractivity contribution in [3.63, 3.8) is 0 Å². The maximum absolute atomic E-state index is 11.1. The maximum Gasteiger partial charge on any atom is 0.193 e. The van der Waals surface area contributed by atoms with Crippen molar-refractivity contribution in [2.75, 3.05) is 0 Å². The van der Waals surface area contributed by atoms with Crippen molar-refractivity contribution in [3.8, 4) is 0 Å². The van der Waals surface area contributed by atoms with E-state index in [1.807, 2.05) is 0 Å². The van der Waals surface area contributed by atoms with Crippen molar-refractivity contribution < 1.29 is 4.79 Å². The molecule has 3 unspecified atom stereocenters. The van der Waals surface area contributed by atoms with E-state index in [2.05, 4.69) is 9.24 Å². The lowest BCUT2D eigenvalue weighted by atomic mass is 10.1. The SMILES string of the molecule is C/C(C(=O)PN)=C(\N)C(C)(N)P. The monoisotopic (exact) mass is 207 g/mol. The number of nitrogens with two attached hydrogens (primary N) is 3. The number of carbonyl (C=O) groups is 1. The van der Waals surface area contributed by atoms with Crippen LogP contribution in [0.4, 0.5) is 0 Å². The van der Waals surface area contributed by atoms with Crippen LogP contribution in [0.3, 0.4) is 0 Å². The molecule has 3 atom stereocenters. The van der Waals surface area contributed by atoms with Gasteiger partial charge in [0.15, 0.2) is 5.52 Å². The fourth-order valence-corrected chi connectivity index (χ4v) is 1.20. The third-order valence-electron chi connectivity index (χ3n) is 1.46. The van der Waals surface area contributed by atoms with Gasteiger partial charge in [-0.3, -0.25) is 4.79 Å². The second-order valence-electron chi connectivity index (χ2n) is 2.79. The van der Waals surface area contributed by atoms with Crippen LogP contribution in [0.2, 0.25) is 0 Å². The normalized spacial score (nSPS) is 19.1. The second kappa shape index (κ2) is 4.29. The van der Waals surface area contributed by atoms with Gasteiger partial charge in [-0.05, 0) is 13.8 Å². The first-order valence-electron chi connectivity index (χ1n) is 3.36. The maximum atomic E-state index is 11.1.